The van der Waals surface area contributed by atoms with Gasteiger partial charge in [-0.25, -0.2) is 4.79 Å². The molecule has 0 fully saturated rings. The minimum absolute atomic E-state index is 0.0468. The van der Waals surface area contributed by atoms with Crippen molar-refractivity contribution in [2.45, 2.75) is 0 Å². The summed E-state index contributed by atoms with van der Waals surface area (Å²) in [5.74, 6) is 0.274. The Labute approximate surface area is 98.5 Å². The summed E-state index contributed by atoms with van der Waals surface area (Å²) in [6, 6.07) is 9.12. The van der Waals surface area contributed by atoms with Gasteiger partial charge in [0.1, 0.15) is 12.6 Å². The van der Waals surface area contributed by atoms with Crippen LogP contribution >= 0.6 is 23.2 Å². The highest BCUT2D eigenvalue weighted by Crippen LogP contribution is 2.14. The Kier molecular flexibility index (Phi) is 5.29. The van der Waals surface area contributed by atoms with Crippen LogP contribution in [0.3, 0.4) is 0 Å². The van der Waals surface area contributed by atoms with Crippen LogP contribution in [0.5, 0.6) is 0 Å². The summed E-state index contributed by atoms with van der Waals surface area (Å²) in [6.45, 7) is 0.181. The number of alkyl halides is 2. The molecule has 1 rings (SSSR count). The number of benzene rings is 1. The third-order valence-corrected chi connectivity index (χ3v) is 2.10. The SMILES string of the molecule is O=C(OCCCl)N(CCl)c1ccccc1. The van der Waals surface area contributed by atoms with Crippen molar-refractivity contribution in [1.82, 2.24) is 0 Å². The molecule has 0 N–H and O–H groups in total. The van der Waals surface area contributed by atoms with E-state index in [0.717, 1.165) is 0 Å². The van der Waals surface area contributed by atoms with Crippen molar-refractivity contribution >= 4 is 35.0 Å². The third kappa shape index (κ3) is 3.61. The van der Waals surface area contributed by atoms with E-state index in [1.807, 2.05) is 18.2 Å². The van der Waals surface area contributed by atoms with Gasteiger partial charge >= 0.3 is 6.09 Å². The Balaban J connectivity index is 2.67. The Morgan fingerprint density at radius 1 is 1.27 bits per heavy atom. The van der Waals surface area contributed by atoms with E-state index in [2.05, 4.69) is 0 Å². The number of hydrogen-bond acceptors (Lipinski definition) is 2. The molecule has 1 amide bonds. The molecule has 0 heterocycles. The molecule has 0 saturated carbocycles. The fraction of sp³-hybridized carbons (Fsp3) is 0.300. The highest BCUT2D eigenvalue weighted by molar-refractivity contribution is 6.21. The van der Waals surface area contributed by atoms with Crippen LogP contribution < -0.4 is 4.90 Å². The second-order valence-electron chi connectivity index (χ2n) is 2.69. The molecule has 1 aromatic rings. The third-order valence-electron chi connectivity index (χ3n) is 1.71. The fourth-order valence-corrected chi connectivity index (χ4v) is 1.35. The van der Waals surface area contributed by atoms with E-state index in [9.17, 15) is 4.79 Å². The van der Waals surface area contributed by atoms with Crippen LogP contribution in [-0.2, 0) is 4.74 Å². The second kappa shape index (κ2) is 6.53. The normalized spacial score (nSPS) is 9.73. The number of rotatable bonds is 4. The van der Waals surface area contributed by atoms with Gasteiger partial charge in [-0.15, -0.1) is 23.2 Å². The molecule has 15 heavy (non-hydrogen) atoms. The molecule has 0 aliphatic rings. The van der Waals surface area contributed by atoms with Crippen molar-refractivity contribution < 1.29 is 9.53 Å². The number of halogens is 2. The monoisotopic (exact) mass is 247 g/mol. The maximum absolute atomic E-state index is 11.5. The first-order valence-electron chi connectivity index (χ1n) is 4.41. The van der Waals surface area contributed by atoms with Crippen LogP contribution in [0, 0.1) is 0 Å². The average Bonchev–Trinajstić information content (AvgIpc) is 2.29. The molecule has 0 atom stereocenters. The van der Waals surface area contributed by atoms with E-state index in [1.54, 1.807) is 12.1 Å². The molecule has 0 bridgehead atoms. The molecule has 0 aromatic heterocycles. The zero-order chi connectivity index (χ0) is 11.1. The van der Waals surface area contributed by atoms with Gasteiger partial charge in [0.25, 0.3) is 0 Å². The van der Waals surface area contributed by atoms with Gasteiger partial charge in [-0.3, -0.25) is 4.90 Å². The van der Waals surface area contributed by atoms with Gasteiger partial charge in [-0.05, 0) is 12.1 Å². The number of carbonyl (C=O) groups excluding carboxylic acids is 1. The first-order chi connectivity index (χ1) is 7.29. The number of hydrogen-bond donors (Lipinski definition) is 0. The summed E-state index contributed by atoms with van der Waals surface area (Å²) in [6.07, 6.45) is -0.489. The standard InChI is InChI=1S/C10H11Cl2NO2/c11-6-7-15-10(14)13(8-12)9-4-2-1-3-5-9/h1-5H,6-8H2. The minimum atomic E-state index is -0.489. The number of ether oxygens (including phenoxy) is 1. The maximum atomic E-state index is 11.5. The van der Waals surface area contributed by atoms with Gasteiger partial charge in [-0.1, -0.05) is 18.2 Å². The number of amides is 1. The minimum Gasteiger partial charge on any atom is -0.448 e. The van der Waals surface area contributed by atoms with Gasteiger partial charge in [-0.2, -0.15) is 0 Å². The van der Waals surface area contributed by atoms with Crippen molar-refractivity contribution in [3.63, 3.8) is 0 Å². The quantitative estimate of drug-likeness (QED) is 0.605. The van der Waals surface area contributed by atoms with Crippen molar-refractivity contribution in [1.29, 1.82) is 0 Å². The van der Waals surface area contributed by atoms with Crippen molar-refractivity contribution in [3.05, 3.63) is 30.3 Å². The van der Waals surface area contributed by atoms with Crippen LogP contribution in [0.25, 0.3) is 0 Å². The molecule has 0 aliphatic carbocycles. The van der Waals surface area contributed by atoms with Crippen LogP contribution in [0.1, 0.15) is 0 Å². The van der Waals surface area contributed by atoms with E-state index in [4.69, 9.17) is 27.9 Å². The fourth-order valence-electron chi connectivity index (χ4n) is 1.03. The summed E-state index contributed by atoms with van der Waals surface area (Å²) in [7, 11) is 0. The lowest BCUT2D eigenvalue weighted by molar-refractivity contribution is 0.161. The molecule has 0 aliphatic heterocycles. The number of nitrogens with zero attached hydrogens (tertiary/aromatic N) is 1. The Morgan fingerprint density at radius 2 is 1.93 bits per heavy atom. The molecule has 3 nitrogen and oxygen atoms in total. The topological polar surface area (TPSA) is 29.5 Å². The second-order valence-corrected chi connectivity index (χ2v) is 3.30. The predicted molar refractivity (Wildman–Crippen MR) is 61.7 cm³/mol. The Bertz CT molecular complexity index is 306. The lowest BCUT2D eigenvalue weighted by Gasteiger charge is -2.18. The molecule has 1 aromatic carbocycles. The smallest absolute Gasteiger partial charge is 0.415 e. The molecule has 0 spiro atoms. The van der Waals surface area contributed by atoms with E-state index in [0.29, 0.717) is 5.69 Å². The van der Waals surface area contributed by atoms with Crippen LogP contribution in [0.15, 0.2) is 30.3 Å². The molecule has 82 valence electrons. The van der Waals surface area contributed by atoms with E-state index < -0.39 is 6.09 Å². The highest BCUT2D eigenvalue weighted by atomic mass is 35.5. The summed E-state index contributed by atoms with van der Waals surface area (Å²) in [5.41, 5.74) is 0.701. The summed E-state index contributed by atoms with van der Waals surface area (Å²) >= 11 is 11.1. The van der Waals surface area contributed by atoms with E-state index in [1.165, 1.54) is 4.90 Å². The van der Waals surface area contributed by atoms with Crippen LogP contribution in [-0.4, -0.2) is 24.6 Å². The van der Waals surface area contributed by atoms with E-state index in [-0.39, 0.29) is 18.5 Å². The lowest BCUT2D eigenvalue weighted by Crippen LogP contribution is -2.30. The first kappa shape index (κ1) is 12.1. The Morgan fingerprint density at radius 3 is 2.47 bits per heavy atom. The Hall–Kier alpha value is -0.930. The number of para-hydroxylation sites is 1. The molecule has 0 unspecified atom stereocenters. The first-order valence-corrected chi connectivity index (χ1v) is 5.47. The van der Waals surface area contributed by atoms with Gasteiger partial charge in [0.2, 0.25) is 0 Å². The lowest BCUT2D eigenvalue weighted by atomic mass is 10.3. The van der Waals surface area contributed by atoms with Crippen molar-refractivity contribution in [3.8, 4) is 0 Å². The molecule has 5 heteroatoms. The number of carbonyl (C=O) groups is 1. The largest absolute Gasteiger partial charge is 0.448 e. The summed E-state index contributed by atoms with van der Waals surface area (Å²) < 4.78 is 4.87. The zero-order valence-corrected chi connectivity index (χ0v) is 9.54. The van der Waals surface area contributed by atoms with Gasteiger partial charge in [0, 0.05) is 5.69 Å². The number of anilines is 1. The van der Waals surface area contributed by atoms with Crippen molar-refractivity contribution in [2.24, 2.45) is 0 Å². The van der Waals surface area contributed by atoms with E-state index >= 15 is 0 Å². The van der Waals surface area contributed by atoms with Crippen LogP contribution in [0.4, 0.5) is 10.5 Å². The molecule has 0 saturated heterocycles. The summed E-state index contributed by atoms with van der Waals surface area (Å²) in [4.78, 5) is 12.8. The zero-order valence-electron chi connectivity index (χ0n) is 8.03. The van der Waals surface area contributed by atoms with Gasteiger partial charge in [0.15, 0.2) is 0 Å². The molecular weight excluding hydrogens is 237 g/mol. The molecular formula is C10H11Cl2NO2. The van der Waals surface area contributed by atoms with Crippen molar-refractivity contribution in [2.75, 3.05) is 23.4 Å². The van der Waals surface area contributed by atoms with Gasteiger partial charge in [0.05, 0.1) is 5.88 Å². The predicted octanol–water partition coefficient (Wildman–Crippen LogP) is 3.06. The van der Waals surface area contributed by atoms with Crippen LogP contribution in [0.2, 0.25) is 0 Å². The highest BCUT2D eigenvalue weighted by Gasteiger charge is 2.15. The maximum Gasteiger partial charge on any atom is 0.415 e. The molecule has 0 radical (unpaired) electrons. The van der Waals surface area contributed by atoms with Gasteiger partial charge < -0.3 is 4.74 Å². The average molecular weight is 248 g/mol. The summed E-state index contributed by atoms with van der Waals surface area (Å²) in [5, 5.41) is 0.